The smallest absolute Gasteiger partial charge is 0.262 e. The first-order chi connectivity index (χ1) is 19.1. The van der Waals surface area contributed by atoms with Gasteiger partial charge in [0.05, 0.1) is 19.0 Å². The zero-order valence-electron chi connectivity index (χ0n) is 23.1. The first-order valence-electron chi connectivity index (χ1n) is 13.2. The van der Waals surface area contributed by atoms with E-state index in [1.165, 1.54) is 0 Å². The van der Waals surface area contributed by atoms with Gasteiger partial charge in [-0.2, -0.15) is 0 Å². The highest BCUT2D eigenvalue weighted by Crippen LogP contribution is 2.54. The van der Waals surface area contributed by atoms with Crippen LogP contribution in [0.2, 0.25) is 10.0 Å². The summed E-state index contributed by atoms with van der Waals surface area (Å²) in [6, 6.07) is 8.50. The molecule has 1 N–H and O–H groups in total. The lowest BCUT2D eigenvalue weighted by Crippen LogP contribution is -2.37. The van der Waals surface area contributed by atoms with Gasteiger partial charge in [-0.3, -0.25) is 14.4 Å². The Balaban J connectivity index is 1.46. The number of halogens is 4. The molecule has 0 spiro atoms. The third kappa shape index (κ3) is 6.31. The summed E-state index contributed by atoms with van der Waals surface area (Å²) in [5.74, 6) is 0.806. The third-order valence-electron chi connectivity index (χ3n) is 7.49. The number of hydrogen-bond donors (Lipinski definition) is 1. The molecule has 0 bridgehead atoms. The van der Waals surface area contributed by atoms with Gasteiger partial charge in [0.1, 0.15) is 17.3 Å². The molecule has 0 atom stereocenters. The van der Waals surface area contributed by atoms with E-state index in [-0.39, 0.29) is 34.9 Å². The van der Waals surface area contributed by atoms with E-state index in [4.69, 9.17) is 32.7 Å². The summed E-state index contributed by atoms with van der Waals surface area (Å²) in [5.41, 5.74) is 1.91. The van der Waals surface area contributed by atoms with Crippen molar-refractivity contribution in [1.82, 2.24) is 0 Å². The lowest BCUT2D eigenvalue weighted by molar-refractivity contribution is -0.120. The zero-order valence-corrected chi connectivity index (χ0v) is 27.7. The maximum absolute atomic E-state index is 13.6. The normalized spacial score (nSPS) is 19.9. The van der Waals surface area contributed by atoms with E-state index in [0.29, 0.717) is 78.8 Å². The van der Waals surface area contributed by atoms with Crippen molar-refractivity contribution in [1.29, 1.82) is 0 Å². The zero-order chi connectivity index (χ0) is 29.9. The molecular weight excluding hydrogens is 697 g/mol. The quantitative estimate of drug-likeness (QED) is 0.333. The van der Waals surface area contributed by atoms with Gasteiger partial charge in [-0.25, -0.2) is 0 Å². The standard InChI is InChI=1S/C31H29Br2Cl2NO5/c1-30(2)10-21(37)27-23(12-30)41-24-13-31(3,4)11-22(38)28(24)26(27)15-7-17(32)29(18(33)8-15)40-14-25(39)36-16-5-6-19(34)20(35)9-16/h5-9,26H,10-14H2,1-4H3,(H,36,39). The highest BCUT2D eigenvalue weighted by molar-refractivity contribution is 9.11. The number of Topliss-reactive ketones (excluding diaryl/α,β-unsaturated/α-hetero) is 2. The van der Waals surface area contributed by atoms with Crippen molar-refractivity contribution >= 4 is 78.2 Å². The van der Waals surface area contributed by atoms with Gasteiger partial charge in [0.15, 0.2) is 18.2 Å². The topological polar surface area (TPSA) is 81.7 Å². The summed E-state index contributed by atoms with van der Waals surface area (Å²) in [4.78, 5) is 39.7. The monoisotopic (exact) mass is 723 g/mol. The molecule has 0 saturated carbocycles. The van der Waals surface area contributed by atoms with Crippen LogP contribution in [0.3, 0.4) is 0 Å². The Bertz CT molecular complexity index is 1480. The molecule has 41 heavy (non-hydrogen) atoms. The van der Waals surface area contributed by atoms with E-state index < -0.39 is 5.92 Å². The Hall–Kier alpha value is -2.13. The fourth-order valence-electron chi connectivity index (χ4n) is 5.80. The van der Waals surface area contributed by atoms with Crippen LogP contribution < -0.4 is 10.1 Å². The van der Waals surface area contributed by atoms with Crippen molar-refractivity contribution in [3.63, 3.8) is 0 Å². The largest absolute Gasteiger partial charge is 0.481 e. The molecule has 1 heterocycles. The molecular formula is C31H29Br2Cl2NO5. The molecule has 3 aliphatic rings. The minimum atomic E-state index is -0.541. The van der Waals surface area contributed by atoms with Crippen LogP contribution in [-0.4, -0.2) is 24.1 Å². The maximum atomic E-state index is 13.6. The fraction of sp³-hybridized carbons (Fsp3) is 0.387. The Morgan fingerprint density at radius 3 is 1.95 bits per heavy atom. The number of nitrogens with one attached hydrogen (secondary N) is 1. The van der Waals surface area contributed by atoms with Gasteiger partial charge in [0, 0.05) is 48.4 Å². The van der Waals surface area contributed by atoms with Crippen LogP contribution in [0.4, 0.5) is 5.69 Å². The van der Waals surface area contributed by atoms with E-state index in [2.05, 4.69) is 64.9 Å². The van der Waals surface area contributed by atoms with E-state index in [1.54, 1.807) is 18.2 Å². The Morgan fingerprint density at radius 1 is 0.902 bits per heavy atom. The van der Waals surface area contributed by atoms with Gasteiger partial charge in [-0.15, -0.1) is 0 Å². The fourth-order valence-corrected chi connectivity index (χ4v) is 7.55. The molecule has 0 unspecified atom stereocenters. The Labute approximate surface area is 266 Å². The predicted molar refractivity (Wildman–Crippen MR) is 166 cm³/mol. The molecule has 5 rings (SSSR count). The van der Waals surface area contributed by atoms with Gasteiger partial charge in [-0.1, -0.05) is 50.9 Å². The first-order valence-corrected chi connectivity index (χ1v) is 15.6. The number of benzene rings is 2. The lowest BCUT2D eigenvalue weighted by atomic mass is 9.65. The molecule has 0 radical (unpaired) electrons. The molecule has 2 aromatic rings. The minimum Gasteiger partial charge on any atom is -0.481 e. The number of ether oxygens (including phenoxy) is 2. The summed E-state index contributed by atoms with van der Waals surface area (Å²) >= 11 is 19.2. The number of allylic oxidation sites excluding steroid dienone is 4. The van der Waals surface area contributed by atoms with Crippen molar-refractivity contribution in [2.75, 3.05) is 11.9 Å². The van der Waals surface area contributed by atoms with Crippen molar-refractivity contribution in [3.8, 4) is 5.75 Å². The van der Waals surface area contributed by atoms with Gasteiger partial charge >= 0.3 is 0 Å². The molecule has 0 fully saturated rings. The average molecular weight is 726 g/mol. The lowest BCUT2D eigenvalue weighted by Gasteiger charge is -2.42. The van der Waals surface area contributed by atoms with E-state index in [0.717, 1.165) is 5.56 Å². The average Bonchev–Trinajstić information content (AvgIpc) is 2.82. The van der Waals surface area contributed by atoms with E-state index in [1.807, 2.05) is 12.1 Å². The molecule has 10 heteroatoms. The molecule has 1 aliphatic heterocycles. The highest BCUT2D eigenvalue weighted by Gasteiger charge is 2.48. The molecule has 216 valence electrons. The second-order valence-corrected chi connectivity index (χ2v) is 14.9. The minimum absolute atomic E-state index is 0.00280. The van der Waals surface area contributed by atoms with Gasteiger partial charge < -0.3 is 14.8 Å². The molecule has 1 amide bonds. The maximum Gasteiger partial charge on any atom is 0.262 e. The number of anilines is 1. The highest BCUT2D eigenvalue weighted by atomic mass is 79.9. The SMILES string of the molecule is CC1(C)CC(=O)C2=C(C1)OC1=C(C(=O)CC(C)(C)C1)C2c1cc(Br)c(OCC(=O)Nc2ccc(Cl)c(Cl)c2)c(Br)c1. The number of amides is 1. The number of carbonyl (C=O) groups excluding carboxylic acids is 3. The molecule has 2 aliphatic carbocycles. The summed E-state index contributed by atoms with van der Waals surface area (Å²) < 4.78 is 13.4. The van der Waals surface area contributed by atoms with Crippen molar-refractivity contribution in [2.24, 2.45) is 10.8 Å². The Morgan fingerprint density at radius 2 is 1.44 bits per heavy atom. The Kier molecular flexibility index (Phi) is 8.27. The number of rotatable bonds is 5. The number of ketones is 2. The van der Waals surface area contributed by atoms with Gasteiger partial charge in [0.25, 0.3) is 5.91 Å². The van der Waals surface area contributed by atoms with Crippen LogP contribution in [0.25, 0.3) is 0 Å². The summed E-state index contributed by atoms with van der Waals surface area (Å²) in [5, 5.41) is 3.45. The van der Waals surface area contributed by atoms with Crippen molar-refractivity contribution in [2.45, 2.75) is 59.3 Å². The van der Waals surface area contributed by atoms with Crippen LogP contribution in [0.5, 0.6) is 5.75 Å². The van der Waals surface area contributed by atoms with Crippen LogP contribution >= 0.6 is 55.1 Å². The van der Waals surface area contributed by atoms with E-state index in [9.17, 15) is 14.4 Å². The summed E-state index contributed by atoms with van der Waals surface area (Å²) in [7, 11) is 0. The van der Waals surface area contributed by atoms with Gasteiger partial charge in [0.2, 0.25) is 0 Å². The van der Waals surface area contributed by atoms with Crippen LogP contribution in [-0.2, 0) is 19.1 Å². The molecule has 0 saturated heterocycles. The van der Waals surface area contributed by atoms with Gasteiger partial charge in [-0.05, 0) is 78.6 Å². The molecule has 0 aromatic heterocycles. The van der Waals surface area contributed by atoms with Crippen LogP contribution in [0.1, 0.15) is 64.9 Å². The first kappa shape index (κ1) is 30.3. The van der Waals surface area contributed by atoms with Crippen molar-refractivity contribution in [3.05, 3.63) is 77.6 Å². The van der Waals surface area contributed by atoms with E-state index >= 15 is 0 Å². The second-order valence-electron chi connectivity index (χ2n) is 12.4. The summed E-state index contributed by atoms with van der Waals surface area (Å²) in [6.45, 7) is 7.97. The van der Waals surface area contributed by atoms with Crippen LogP contribution in [0.15, 0.2) is 61.9 Å². The van der Waals surface area contributed by atoms with Crippen LogP contribution in [0, 0.1) is 10.8 Å². The summed E-state index contributed by atoms with van der Waals surface area (Å²) in [6.07, 6.45) is 2.00. The number of hydrogen-bond acceptors (Lipinski definition) is 5. The third-order valence-corrected chi connectivity index (χ3v) is 9.40. The molecule has 2 aromatic carbocycles. The number of carbonyl (C=O) groups is 3. The second kappa shape index (κ2) is 11.2. The van der Waals surface area contributed by atoms with Crippen molar-refractivity contribution < 1.29 is 23.9 Å². The molecule has 6 nitrogen and oxygen atoms in total. The predicted octanol–water partition coefficient (Wildman–Crippen LogP) is 8.94.